The molecule has 0 saturated carbocycles. The predicted molar refractivity (Wildman–Crippen MR) is 83.8 cm³/mol. The second kappa shape index (κ2) is 6.41. The van der Waals surface area contributed by atoms with Gasteiger partial charge in [-0.25, -0.2) is 0 Å². The van der Waals surface area contributed by atoms with Crippen molar-refractivity contribution in [3.63, 3.8) is 0 Å². The SMILES string of the molecule is CCc1ccsc1C(NC)c1c(OC)cnn1C(C)C. The Balaban J connectivity index is 2.54. The van der Waals surface area contributed by atoms with Crippen molar-refractivity contribution >= 4 is 11.3 Å². The Morgan fingerprint density at radius 2 is 2.20 bits per heavy atom. The van der Waals surface area contributed by atoms with Crippen LogP contribution in [0.1, 0.15) is 49.0 Å². The summed E-state index contributed by atoms with van der Waals surface area (Å²) in [6.07, 6.45) is 2.84. The summed E-state index contributed by atoms with van der Waals surface area (Å²) in [6.45, 7) is 6.46. The largest absolute Gasteiger partial charge is 0.493 e. The normalized spacial score (nSPS) is 12.9. The highest BCUT2D eigenvalue weighted by molar-refractivity contribution is 7.10. The van der Waals surface area contributed by atoms with E-state index in [0.29, 0.717) is 6.04 Å². The molecule has 2 rings (SSSR count). The molecule has 0 radical (unpaired) electrons. The summed E-state index contributed by atoms with van der Waals surface area (Å²) in [7, 11) is 3.69. The molecule has 2 aromatic rings. The van der Waals surface area contributed by atoms with Crippen LogP contribution in [0.3, 0.4) is 0 Å². The molecular formula is C15H23N3OS. The Morgan fingerprint density at radius 3 is 2.75 bits per heavy atom. The standard InChI is InChI=1S/C15H23N3OS/c1-6-11-7-8-20-15(11)13(16-4)14-12(19-5)9-17-18(14)10(2)3/h7-10,13,16H,6H2,1-5H3. The fourth-order valence-electron chi connectivity index (χ4n) is 2.48. The fourth-order valence-corrected chi connectivity index (χ4v) is 3.59. The summed E-state index contributed by atoms with van der Waals surface area (Å²) >= 11 is 1.79. The van der Waals surface area contributed by atoms with Gasteiger partial charge in [-0.2, -0.15) is 5.10 Å². The Hall–Kier alpha value is -1.33. The maximum absolute atomic E-state index is 5.51. The van der Waals surface area contributed by atoms with Crippen molar-refractivity contribution in [3.05, 3.63) is 33.8 Å². The van der Waals surface area contributed by atoms with Crippen LogP contribution in [-0.4, -0.2) is 23.9 Å². The highest BCUT2D eigenvalue weighted by atomic mass is 32.1. The first-order valence-electron chi connectivity index (χ1n) is 6.98. The summed E-state index contributed by atoms with van der Waals surface area (Å²) in [5, 5.41) is 10.1. The van der Waals surface area contributed by atoms with Crippen LogP contribution in [0.15, 0.2) is 17.6 Å². The van der Waals surface area contributed by atoms with Crippen molar-refractivity contribution in [1.29, 1.82) is 0 Å². The van der Waals surface area contributed by atoms with Crippen LogP contribution in [0, 0.1) is 0 Å². The molecule has 0 aliphatic heterocycles. The number of hydrogen-bond donors (Lipinski definition) is 1. The second-order valence-corrected chi connectivity index (χ2v) is 5.97. The molecule has 2 aromatic heterocycles. The van der Waals surface area contributed by atoms with Crippen molar-refractivity contribution in [2.24, 2.45) is 0 Å². The summed E-state index contributed by atoms with van der Waals surface area (Å²) in [6, 6.07) is 2.62. The van der Waals surface area contributed by atoms with Crippen LogP contribution in [0.2, 0.25) is 0 Å². The van der Waals surface area contributed by atoms with Gasteiger partial charge in [-0.15, -0.1) is 11.3 Å². The maximum Gasteiger partial charge on any atom is 0.161 e. The summed E-state index contributed by atoms with van der Waals surface area (Å²) in [5.41, 5.74) is 2.48. The van der Waals surface area contributed by atoms with Gasteiger partial charge in [0.1, 0.15) is 5.69 Å². The van der Waals surface area contributed by atoms with Crippen LogP contribution in [-0.2, 0) is 6.42 Å². The van der Waals surface area contributed by atoms with E-state index >= 15 is 0 Å². The van der Waals surface area contributed by atoms with E-state index in [1.54, 1.807) is 24.6 Å². The Bertz CT molecular complexity index is 559. The molecular weight excluding hydrogens is 270 g/mol. The predicted octanol–water partition coefficient (Wildman–Crippen LogP) is 3.41. The lowest BCUT2D eigenvalue weighted by Gasteiger charge is -2.21. The molecule has 0 saturated heterocycles. The van der Waals surface area contributed by atoms with Crippen molar-refractivity contribution in [2.75, 3.05) is 14.2 Å². The van der Waals surface area contributed by atoms with Gasteiger partial charge in [0.2, 0.25) is 0 Å². The smallest absolute Gasteiger partial charge is 0.161 e. The minimum atomic E-state index is 0.116. The number of hydrogen-bond acceptors (Lipinski definition) is 4. The summed E-state index contributed by atoms with van der Waals surface area (Å²) in [5.74, 6) is 0.841. The van der Waals surface area contributed by atoms with Gasteiger partial charge < -0.3 is 10.1 Å². The van der Waals surface area contributed by atoms with Crippen LogP contribution < -0.4 is 10.1 Å². The van der Waals surface area contributed by atoms with E-state index in [0.717, 1.165) is 17.9 Å². The zero-order valence-electron chi connectivity index (χ0n) is 12.8. The quantitative estimate of drug-likeness (QED) is 0.887. The van der Waals surface area contributed by atoms with E-state index < -0.39 is 0 Å². The lowest BCUT2D eigenvalue weighted by Crippen LogP contribution is -2.23. The first kappa shape index (κ1) is 15.1. The van der Waals surface area contributed by atoms with E-state index in [1.807, 2.05) is 11.7 Å². The first-order chi connectivity index (χ1) is 9.63. The number of nitrogens with one attached hydrogen (secondary N) is 1. The third-order valence-corrected chi connectivity index (χ3v) is 4.52. The van der Waals surface area contributed by atoms with Crippen LogP contribution in [0.4, 0.5) is 0 Å². The number of thiophene rings is 1. The van der Waals surface area contributed by atoms with E-state index in [9.17, 15) is 0 Å². The zero-order valence-corrected chi connectivity index (χ0v) is 13.6. The average molecular weight is 293 g/mol. The third-order valence-electron chi connectivity index (χ3n) is 3.49. The Morgan fingerprint density at radius 1 is 1.45 bits per heavy atom. The molecule has 1 atom stereocenters. The number of aromatic nitrogens is 2. The number of rotatable bonds is 6. The molecule has 0 spiro atoms. The number of ether oxygens (including phenoxy) is 1. The molecule has 0 aliphatic carbocycles. The highest BCUT2D eigenvalue weighted by Crippen LogP contribution is 2.35. The van der Waals surface area contributed by atoms with Gasteiger partial charge in [0.05, 0.1) is 19.3 Å². The molecule has 20 heavy (non-hydrogen) atoms. The zero-order chi connectivity index (χ0) is 14.7. The van der Waals surface area contributed by atoms with E-state index in [-0.39, 0.29) is 6.04 Å². The molecule has 110 valence electrons. The topological polar surface area (TPSA) is 39.1 Å². The maximum atomic E-state index is 5.51. The Labute approximate surface area is 124 Å². The minimum absolute atomic E-state index is 0.116. The number of nitrogens with zero attached hydrogens (tertiary/aromatic N) is 2. The van der Waals surface area contributed by atoms with Gasteiger partial charge in [-0.05, 0) is 44.3 Å². The summed E-state index contributed by atoms with van der Waals surface area (Å²) in [4.78, 5) is 1.34. The molecule has 4 nitrogen and oxygen atoms in total. The minimum Gasteiger partial charge on any atom is -0.493 e. The van der Waals surface area contributed by atoms with Gasteiger partial charge in [0.15, 0.2) is 5.75 Å². The number of aryl methyl sites for hydroxylation is 1. The molecule has 1 N–H and O–H groups in total. The van der Waals surface area contributed by atoms with Crippen molar-refractivity contribution in [1.82, 2.24) is 15.1 Å². The second-order valence-electron chi connectivity index (χ2n) is 5.02. The van der Waals surface area contributed by atoms with Crippen LogP contribution >= 0.6 is 11.3 Å². The molecule has 1 unspecified atom stereocenters. The molecule has 5 heteroatoms. The van der Waals surface area contributed by atoms with Gasteiger partial charge in [-0.1, -0.05) is 6.92 Å². The Kier molecular flexibility index (Phi) is 4.83. The van der Waals surface area contributed by atoms with E-state index in [4.69, 9.17) is 4.74 Å². The third kappa shape index (κ3) is 2.60. The van der Waals surface area contributed by atoms with E-state index in [2.05, 4.69) is 42.6 Å². The lowest BCUT2D eigenvalue weighted by molar-refractivity contribution is 0.396. The van der Waals surface area contributed by atoms with E-state index in [1.165, 1.54) is 10.4 Å². The lowest BCUT2D eigenvalue weighted by atomic mass is 10.1. The van der Waals surface area contributed by atoms with Gasteiger partial charge in [-0.3, -0.25) is 4.68 Å². The number of methoxy groups -OCH3 is 1. The highest BCUT2D eigenvalue weighted by Gasteiger charge is 2.25. The van der Waals surface area contributed by atoms with Gasteiger partial charge in [0, 0.05) is 10.9 Å². The van der Waals surface area contributed by atoms with Crippen LogP contribution in [0.5, 0.6) is 5.75 Å². The monoisotopic (exact) mass is 293 g/mol. The van der Waals surface area contributed by atoms with Crippen LogP contribution in [0.25, 0.3) is 0 Å². The summed E-state index contributed by atoms with van der Waals surface area (Å²) < 4.78 is 7.55. The van der Waals surface area contributed by atoms with Crippen molar-refractivity contribution in [2.45, 2.75) is 39.3 Å². The van der Waals surface area contributed by atoms with Gasteiger partial charge in [0.25, 0.3) is 0 Å². The van der Waals surface area contributed by atoms with Gasteiger partial charge >= 0.3 is 0 Å². The average Bonchev–Trinajstić information content (AvgIpc) is 3.06. The first-order valence-corrected chi connectivity index (χ1v) is 7.86. The fraction of sp³-hybridized carbons (Fsp3) is 0.533. The molecule has 2 heterocycles. The molecule has 0 aromatic carbocycles. The molecule has 0 amide bonds. The molecule has 0 aliphatic rings. The van der Waals surface area contributed by atoms with Crippen molar-refractivity contribution in [3.8, 4) is 5.75 Å². The van der Waals surface area contributed by atoms with Crippen molar-refractivity contribution < 1.29 is 4.74 Å². The molecule has 0 bridgehead atoms. The molecule has 0 fully saturated rings.